The van der Waals surface area contributed by atoms with E-state index in [1.165, 1.54) is 5.56 Å². The van der Waals surface area contributed by atoms with E-state index in [1.807, 2.05) is 0 Å². The number of hydrogen-bond acceptors (Lipinski definition) is 4. The lowest BCUT2D eigenvalue weighted by atomic mass is 10.2. The maximum Gasteiger partial charge on any atom is 0.118 e. The molecule has 1 aliphatic heterocycles. The second-order valence-electron chi connectivity index (χ2n) is 5.66. The van der Waals surface area contributed by atoms with E-state index in [-0.39, 0.29) is 0 Å². The molecule has 0 aliphatic carbocycles. The van der Waals surface area contributed by atoms with Crippen LogP contribution in [0.3, 0.4) is 0 Å². The summed E-state index contributed by atoms with van der Waals surface area (Å²) in [6.07, 6.45) is 0. The Morgan fingerprint density at radius 2 is 2.21 bits per heavy atom. The molecule has 0 saturated carbocycles. The molecule has 1 aromatic rings. The third-order valence-electron chi connectivity index (χ3n) is 3.96. The normalized spacial score (nSPS) is 22.0. The average molecular weight is 265 g/mol. The van der Waals surface area contributed by atoms with Gasteiger partial charge in [-0.1, -0.05) is 6.92 Å². The molecular formula is C15H27N3O. The fourth-order valence-electron chi connectivity index (χ4n) is 2.71. The Morgan fingerprint density at radius 1 is 1.42 bits per heavy atom. The highest BCUT2D eigenvalue weighted by molar-refractivity contribution is 5.20. The Labute approximate surface area is 116 Å². The van der Waals surface area contributed by atoms with Crippen LogP contribution in [0.4, 0.5) is 0 Å². The molecular weight excluding hydrogens is 238 g/mol. The number of likely N-dealkylation sites (N-methyl/N-ethyl adjacent to an activating group) is 1. The zero-order chi connectivity index (χ0) is 13.8. The van der Waals surface area contributed by atoms with Crippen molar-refractivity contribution < 1.29 is 4.42 Å². The van der Waals surface area contributed by atoms with E-state index >= 15 is 0 Å². The van der Waals surface area contributed by atoms with Crippen molar-refractivity contribution in [3.8, 4) is 0 Å². The molecule has 4 heteroatoms. The van der Waals surface area contributed by atoms with Crippen molar-refractivity contribution in [1.82, 2.24) is 15.1 Å². The molecule has 1 N–H and O–H groups in total. The minimum atomic E-state index is 0.598. The van der Waals surface area contributed by atoms with E-state index in [2.05, 4.69) is 49.0 Å². The van der Waals surface area contributed by atoms with Gasteiger partial charge in [0.2, 0.25) is 0 Å². The number of nitrogens with one attached hydrogen (secondary N) is 1. The van der Waals surface area contributed by atoms with Gasteiger partial charge in [-0.05, 0) is 33.5 Å². The van der Waals surface area contributed by atoms with Gasteiger partial charge in [0.05, 0.1) is 6.54 Å². The van der Waals surface area contributed by atoms with Gasteiger partial charge in [-0.2, -0.15) is 0 Å². The van der Waals surface area contributed by atoms with E-state index in [0.717, 1.165) is 50.8 Å². The summed E-state index contributed by atoms with van der Waals surface area (Å²) >= 11 is 0. The SMILES string of the molecule is CCNCc1cc(CN2CCN(C)CC2C)oc1C. The molecule has 2 heterocycles. The zero-order valence-electron chi connectivity index (χ0n) is 12.7. The lowest BCUT2D eigenvalue weighted by Gasteiger charge is -2.37. The smallest absolute Gasteiger partial charge is 0.118 e. The molecule has 1 aromatic heterocycles. The van der Waals surface area contributed by atoms with E-state index in [0.29, 0.717) is 6.04 Å². The summed E-state index contributed by atoms with van der Waals surface area (Å²) in [6.45, 7) is 12.7. The molecule has 4 nitrogen and oxygen atoms in total. The molecule has 0 amide bonds. The van der Waals surface area contributed by atoms with Crippen molar-refractivity contribution in [1.29, 1.82) is 0 Å². The molecule has 1 saturated heterocycles. The third-order valence-corrected chi connectivity index (χ3v) is 3.96. The zero-order valence-corrected chi connectivity index (χ0v) is 12.7. The standard InChI is InChI=1S/C15H27N3O/c1-5-16-9-14-8-15(19-13(14)3)11-18-7-6-17(4)10-12(18)2/h8,12,16H,5-7,9-11H2,1-4H3. The molecule has 1 unspecified atom stereocenters. The second kappa shape index (κ2) is 6.55. The number of rotatable bonds is 5. The summed E-state index contributed by atoms with van der Waals surface area (Å²) in [5.74, 6) is 2.15. The van der Waals surface area contributed by atoms with Crippen LogP contribution >= 0.6 is 0 Å². The van der Waals surface area contributed by atoms with Gasteiger partial charge < -0.3 is 14.6 Å². The first-order valence-electron chi connectivity index (χ1n) is 7.31. The van der Waals surface area contributed by atoms with Gasteiger partial charge in [0.25, 0.3) is 0 Å². The van der Waals surface area contributed by atoms with E-state index in [1.54, 1.807) is 0 Å². The van der Waals surface area contributed by atoms with Crippen LogP contribution < -0.4 is 5.32 Å². The molecule has 0 radical (unpaired) electrons. The average Bonchev–Trinajstić information content (AvgIpc) is 2.71. The topological polar surface area (TPSA) is 31.6 Å². The van der Waals surface area contributed by atoms with Gasteiger partial charge in [0.1, 0.15) is 11.5 Å². The number of piperazine rings is 1. The van der Waals surface area contributed by atoms with Crippen LogP contribution in [0.25, 0.3) is 0 Å². The van der Waals surface area contributed by atoms with Crippen LogP contribution in [0.15, 0.2) is 10.5 Å². The van der Waals surface area contributed by atoms with Crippen molar-refractivity contribution >= 4 is 0 Å². The Morgan fingerprint density at radius 3 is 2.89 bits per heavy atom. The minimum absolute atomic E-state index is 0.598. The molecule has 1 aliphatic rings. The summed E-state index contributed by atoms with van der Waals surface area (Å²) in [5, 5.41) is 3.36. The Hall–Kier alpha value is -0.840. The first-order valence-corrected chi connectivity index (χ1v) is 7.31. The van der Waals surface area contributed by atoms with Crippen molar-refractivity contribution in [3.63, 3.8) is 0 Å². The first-order chi connectivity index (χ1) is 9.10. The Bertz CT molecular complexity index is 402. The highest BCUT2D eigenvalue weighted by Gasteiger charge is 2.22. The Balaban J connectivity index is 1.95. The number of nitrogens with zero attached hydrogens (tertiary/aromatic N) is 2. The molecule has 108 valence electrons. The van der Waals surface area contributed by atoms with Gasteiger partial charge in [-0.15, -0.1) is 0 Å². The lowest BCUT2D eigenvalue weighted by Crippen LogP contribution is -2.49. The van der Waals surface area contributed by atoms with Gasteiger partial charge in [-0.3, -0.25) is 4.90 Å². The van der Waals surface area contributed by atoms with Gasteiger partial charge in [-0.25, -0.2) is 0 Å². The molecule has 0 aromatic carbocycles. The Kier molecular flexibility index (Phi) is 5.02. The summed E-state index contributed by atoms with van der Waals surface area (Å²) < 4.78 is 5.89. The van der Waals surface area contributed by atoms with Crippen LogP contribution in [0.2, 0.25) is 0 Å². The van der Waals surface area contributed by atoms with E-state index in [9.17, 15) is 0 Å². The maximum atomic E-state index is 5.89. The quantitative estimate of drug-likeness (QED) is 0.880. The van der Waals surface area contributed by atoms with Crippen LogP contribution in [-0.4, -0.2) is 49.1 Å². The lowest BCUT2D eigenvalue weighted by molar-refractivity contribution is 0.0872. The van der Waals surface area contributed by atoms with Gasteiger partial charge in [0.15, 0.2) is 0 Å². The monoisotopic (exact) mass is 265 g/mol. The molecule has 0 bridgehead atoms. The number of furan rings is 1. The van der Waals surface area contributed by atoms with Gasteiger partial charge in [0, 0.05) is 37.8 Å². The van der Waals surface area contributed by atoms with E-state index in [4.69, 9.17) is 4.42 Å². The number of aryl methyl sites for hydroxylation is 1. The molecule has 0 spiro atoms. The van der Waals surface area contributed by atoms with Crippen molar-refractivity contribution in [2.75, 3.05) is 33.2 Å². The summed E-state index contributed by atoms with van der Waals surface area (Å²) in [4.78, 5) is 4.90. The minimum Gasteiger partial charge on any atom is -0.465 e. The predicted octanol–water partition coefficient (Wildman–Crippen LogP) is 1.83. The van der Waals surface area contributed by atoms with Crippen molar-refractivity contribution in [2.45, 2.75) is 39.9 Å². The fraction of sp³-hybridized carbons (Fsp3) is 0.733. The predicted molar refractivity (Wildman–Crippen MR) is 78.2 cm³/mol. The van der Waals surface area contributed by atoms with Crippen LogP contribution in [0, 0.1) is 6.92 Å². The third kappa shape index (κ3) is 3.81. The highest BCUT2D eigenvalue weighted by atomic mass is 16.3. The molecule has 2 rings (SSSR count). The van der Waals surface area contributed by atoms with Crippen molar-refractivity contribution in [2.24, 2.45) is 0 Å². The number of hydrogen-bond donors (Lipinski definition) is 1. The second-order valence-corrected chi connectivity index (χ2v) is 5.66. The van der Waals surface area contributed by atoms with Crippen LogP contribution in [-0.2, 0) is 13.1 Å². The first kappa shape index (κ1) is 14.6. The summed E-state index contributed by atoms with van der Waals surface area (Å²) in [7, 11) is 2.19. The largest absolute Gasteiger partial charge is 0.465 e. The van der Waals surface area contributed by atoms with Crippen molar-refractivity contribution in [3.05, 3.63) is 23.2 Å². The fourth-order valence-corrected chi connectivity index (χ4v) is 2.71. The molecule has 1 atom stereocenters. The highest BCUT2D eigenvalue weighted by Crippen LogP contribution is 2.18. The summed E-state index contributed by atoms with van der Waals surface area (Å²) in [5.41, 5.74) is 1.29. The van der Waals surface area contributed by atoms with Gasteiger partial charge >= 0.3 is 0 Å². The maximum absolute atomic E-state index is 5.89. The summed E-state index contributed by atoms with van der Waals surface area (Å²) in [6, 6.07) is 2.81. The van der Waals surface area contributed by atoms with Crippen LogP contribution in [0.1, 0.15) is 30.9 Å². The molecule has 19 heavy (non-hydrogen) atoms. The van der Waals surface area contributed by atoms with E-state index < -0.39 is 0 Å². The van der Waals surface area contributed by atoms with Crippen LogP contribution in [0.5, 0.6) is 0 Å². The molecule has 1 fully saturated rings.